The van der Waals surface area contributed by atoms with Gasteiger partial charge < -0.3 is 4.74 Å². The van der Waals surface area contributed by atoms with Crippen molar-refractivity contribution in [1.82, 2.24) is 0 Å². The molecule has 0 radical (unpaired) electrons. The Balaban J connectivity index is 2.48. The van der Waals surface area contributed by atoms with Crippen molar-refractivity contribution >= 4 is 29.5 Å². The van der Waals surface area contributed by atoms with E-state index in [-0.39, 0.29) is 0 Å². The van der Waals surface area contributed by atoms with Crippen LogP contribution in [0.25, 0.3) is 11.1 Å². The van der Waals surface area contributed by atoms with E-state index in [1.807, 2.05) is 6.07 Å². The molecule has 2 nitrogen and oxygen atoms in total. The van der Waals surface area contributed by atoms with Gasteiger partial charge in [0.15, 0.2) is 0 Å². The van der Waals surface area contributed by atoms with Gasteiger partial charge in [-0.2, -0.15) is 0 Å². The van der Waals surface area contributed by atoms with Gasteiger partial charge in [0.25, 0.3) is 0 Å². The van der Waals surface area contributed by atoms with Crippen LogP contribution < -0.4 is 4.74 Å². The largest absolute Gasteiger partial charge is 0.495 e. The van der Waals surface area contributed by atoms with Gasteiger partial charge in [-0.1, -0.05) is 41.4 Å². The van der Waals surface area contributed by atoms with E-state index in [4.69, 9.17) is 27.9 Å². The molecule has 0 aliphatic carbocycles. The van der Waals surface area contributed by atoms with Crippen molar-refractivity contribution in [3.63, 3.8) is 0 Å². The van der Waals surface area contributed by atoms with E-state index in [2.05, 4.69) is 0 Å². The van der Waals surface area contributed by atoms with Crippen LogP contribution >= 0.6 is 23.2 Å². The molecule has 0 saturated carbocycles. The summed E-state index contributed by atoms with van der Waals surface area (Å²) in [6.07, 6.45) is 0.761. The molecule has 0 atom stereocenters. The van der Waals surface area contributed by atoms with Gasteiger partial charge in [0, 0.05) is 16.1 Å². The minimum atomic E-state index is 0.515. The highest BCUT2D eigenvalue weighted by atomic mass is 35.5. The van der Waals surface area contributed by atoms with Gasteiger partial charge in [-0.15, -0.1) is 0 Å². The maximum atomic E-state index is 10.6. The molecule has 2 aromatic carbocycles. The summed E-state index contributed by atoms with van der Waals surface area (Å²) in [6, 6.07) is 10.6. The molecule has 0 saturated heterocycles. The highest BCUT2D eigenvalue weighted by molar-refractivity contribution is 6.34. The molecule has 4 heteroatoms. The summed E-state index contributed by atoms with van der Waals surface area (Å²) in [7, 11) is 1.56. The van der Waals surface area contributed by atoms with Gasteiger partial charge in [0.05, 0.1) is 12.1 Å². The summed E-state index contributed by atoms with van der Waals surface area (Å²) in [5.74, 6) is 0.612. The molecule has 0 fully saturated rings. The molecule has 92 valence electrons. The van der Waals surface area contributed by atoms with E-state index >= 15 is 0 Å². The highest BCUT2D eigenvalue weighted by Crippen LogP contribution is 2.33. The van der Waals surface area contributed by atoms with Gasteiger partial charge in [-0.25, -0.2) is 0 Å². The fourth-order valence-electron chi connectivity index (χ4n) is 1.67. The number of halogens is 2. The van der Waals surface area contributed by atoms with Crippen LogP contribution in [-0.2, 0) is 0 Å². The Bertz CT molecular complexity index is 594. The monoisotopic (exact) mass is 280 g/mol. The first-order valence-corrected chi connectivity index (χ1v) is 6.00. The van der Waals surface area contributed by atoms with Crippen LogP contribution in [0.1, 0.15) is 10.4 Å². The normalized spacial score (nSPS) is 10.2. The van der Waals surface area contributed by atoms with Gasteiger partial charge in [-0.05, 0) is 23.8 Å². The molecule has 0 aromatic heterocycles. The predicted octanol–water partition coefficient (Wildman–Crippen LogP) is 4.48. The Morgan fingerprint density at radius 3 is 2.39 bits per heavy atom. The zero-order chi connectivity index (χ0) is 13.1. The summed E-state index contributed by atoms with van der Waals surface area (Å²) in [4.78, 5) is 10.6. The van der Waals surface area contributed by atoms with E-state index in [0.29, 0.717) is 21.4 Å². The van der Waals surface area contributed by atoms with Crippen LogP contribution in [0.2, 0.25) is 10.0 Å². The zero-order valence-electron chi connectivity index (χ0n) is 9.61. The first kappa shape index (κ1) is 12.9. The molecule has 0 N–H and O–H groups in total. The molecule has 0 aliphatic rings. The molecule has 0 amide bonds. The Morgan fingerprint density at radius 2 is 1.83 bits per heavy atom. The minimum Gasteiger partial charge on any atom is -0.495 e. The lowest BCUT2D eigenvalue weighted by molar-refractivity contribution is 0.112. The van der Waals surface area contributed by atoms with Crippen molar-refractivity contribution < 1.29 is 9.53 Å². The van der Waals surface area contributed by atoms with Crippen molar-refractivity contribution in [3.05, 3.63) is 52.0 Å². The molecule has 0 heterocycles. The Hall–Kier alpha value is -1.51. The molecule has 0 aliphatic heterocycles. The van der Waals surface area contributed by atoms with E-state index in [9.17, 15) is 4.79 Å². The van der Waals surface area contributed by atoms with Crippen molar-refractivity contribution in [2.45, 2.75) is 0 Å². The highest BCUT2D eigenvalue weighted by Gasteiger charge is 2.07. The fourth-order valence-corrected chi connectivity index (χ4v) is 2.23. The minimum absolute atomic E-state index is 0.515. The number of benzene rings is 2. The molecule has 0 bridgehead atoms. The van der Waals surface area contributed by atoms with Gasteiger partial charge in [0.2, 0.25) is 0 Å². The van der Waals surface area contributed by atoms with Crippen molar-refractivity contribution in [2.24, 2.45) is 0 Å². The Morgan fingerprint density at radius 1 is 1.06 bits per heavy atom. The average molecular weight is 281 g/mol. The molecular formula is C14H10Cl2O2. The first-order valence-electron chi connectivity index (χ1n) is 5.24. The number of carbonyl (C=O) groups is 1. The number of hydrogen-bond acceptors (Lipinski definition) is 2. The summed E-state index contributed by atoms with van der Waals surface area (Å²) in [5.41, 5.74) is 2.25. The summed E-state index contributed by atoms with van der Waals surface area (Å²) < 4.78 is 5.09. The van der Waals surface area contributed by atoms with E-state index < -0.39 is 0 Å². The van der Waals surface area contributed by atoms with Crippen LogP contribution in [0, 0.1) is 0 Å². The number of hydrogen-bond donors (Lipinski definition) is 0. The van der Waals surface area contributed by atoms with Crippen LogP contribution in [0.3, 0.4) is 0 Å². The SMILES string of the molecule is COc1ccc(-c2ccc(C=O)cc2Cl)cc1Cl. The third-order valence-corrected chi connectivity index (χ3v) is 3.20. The molecule has 2 aromatic rings. The van der Waals surface area contributed by atoms with Crippen molar-refractivity contribution in [3.8, 4) is 16.9 Å². The van der Waals surface area contributed by atoms with Gasteiger partial charge in [0.1, 0.15) is 12.0 Å². The third kappa shape index (κ3) is 2.50. The van der Waals surface area contributed by atoms with E-state index in [1.165, 1.54) is 0 Å². The van der Waals surface area contributed by atoms with Crippen molar-refractivity contribution in [2.75, 3.05) is 7.11 Å². The number of aldehydes is 1. The van der Waals surface area contributed by atoms with Gasteiger partial charge >= 0.3 is 0 Å². The second kappa shape index (κ2) is 5.42. The smallest absolute Gasteiger partial charge is 0.150 e. The summed E-state index contributed by atoms with van der Waals surface area (Å²) in [5, 5.41) is 1.03. The maximum Gasteiger partial charge on any atom is 0.150 e. The molecule has 18 heavy (non-hydrogen) atoms. The Kier molecular flexibility index (Phi) is 3.90. The third-order valence-electron chi connectivity index (χ3n) is 2.59. The average Bonchev–Trinajstić information content (AvgIpc) is 2.38. The standard InChI is InChI=1S/C14H10Cl2O2/c1-18-14-5-3-10(7-13(14)16)11-4-2-9(8-17)6-12(11)15/h2-8H,1H3. The van der Waals surface area contributed by atoms with Crippen LogP contribution in [0.4, 0.5) is 0 Å². The molecule has 0 unspecified atom stereocenters. The first-order chi connectivity index (χ1) is 8.65. The second-order valence-corrected chi connectivity index (χ2v) is 4.52. The fraction of sp³-hybridized carbons (Fsp3) is 0.0714. The summed E-state index contributed by atoms with van der Waals surface area (Å²) >= 11 is 12.2. The predicted molar refractivity (Wildman–Crippen MR) is 73.8 cm³/mol. The zero-order valence-corrected chi connectivity index (χ0v) is 11.1. The molecular weight excluding hydrogens is 271 g/mol. The number of methoxy groups -OCH3 is 1. The number of carbonyl (C=O) groups excluding carboxylic acids is 1. The number of ether oxygens (including phenoxy) is 1. The van der Waals surface area contributed by atoms with Crippen LogP contribution in [-0.4, -0.2) is 13.4 Å². The Labute approximate surface area is 115 Å². The quantitative estimate of drug-likeness (QED) is 0.775. The van der Waals surface area contributed by atoms with Gasteiger partial charge in [-0.3, -0.25) is 4.79 Å². The lowest BCUT2D eigenvalue weighted by atomic mass is 10.0. The van der Waals surface area contributed by atoms with Crippen LogP contribution in [0.15, 0.2) is 36.4 Å². The molecule has 2 rings (SSSR count). The summed E-state index contributed by atoms with van der Waals surface area (Å²) in [6.45, 7) is 0. The second-order valence-electron chi connectivity index (χ2n) is 3.71. The van der Waals surface area contributed by atoms with E-state index in [0.717, 1.165) is 17.4 Å². The number of rotatable bonds is 3. The lowest BCUT2D eigenvalue weighted by Crippen LogP contribution is -1.87. The maximum absolute atomic E-state index is 10.6. The van der Waals surface area contributed by atoms with E-state index in [1.54, 1.807) is 37.4 Å². The lowest BCUT2D eigenvalue weighted by Gasteiger charge is -2.08. The van der Waals surface area contributed by atoms with Crippen LogP contribution in [0.5, 0.6) is 5.75 Å². The topological polar surface area (TPSA) is 26.3 Å². The molecule has 0 spiro atoms. The van der Waals surface area contributed by atoms with Crippen molar-refractivity contribution in [1.29, 1.82) is 0 Å².